The van der Waals surface area contributed by atoms with Gasteiger partial charge in [0.05, 0.1) is 25.5 Å². The number of hydrogen-bond donors (Lipinski definition) is 0. The second-order valence-corrected chi connectivity index (χ2v) is 6.89. The average Bonchev–Trinajstić information content (AvgIpc) is 3.35. The van der Waals surface area contributed by atoms with Gasteiger partial charge in [0, 0.05) is 31.7 Å². The zero-order valence-electron chi connectivity index (χ0n) is 14.8. The molecular formula is C18H20N6O2. The molecule has 3 aromatic heterocycles. The molecule has 0 unspecified atom stereocenters. The van der Waals surface area contributed by atoms with Crippen LogP contribution in [0.25, 0.3) is 16.9 Å². The molecule has 8 heteroatoms. The number of nitrogens with zero attached hydrogens (tertiary/aromatic N) is 6. The van der Waals surface area contributed by atoms with Crippen molar-refractivity contribution in [1.29, 1.82) is 0 Å². The van der Waals surface area contributed by atoms with E-state index in [1.54, 1.807) is 24.0 Å². The van der Waals surface area contributed by atoms with Crippen LogP contribution >= 0.6 is 0 Å². The van der Waals surface area contributed by atoms with E-state index in [0.717, 1.165) is 47.5 Å². The van der Waals surface area contributed by atoms with Gasteiger partial charge in [0.1, 0.15) is 5.69 Å². The van der Waals surface area contributed by atoms with Crippen LogP contribution in [0.5, 0.6) is 11.9 Å². The standard InChI is InChI=1S/C18H20N6O2/c1-25-17-13(8-20-18(21-17)26-2)14-7-15(16-19-5-6-24(16)22-14)23-9-12(10-23)11-3-4-11/h5-8,11-12H,3-4,9-10H2,1-2H3. The van der Waals surface area contributed by atoms with Gasteiger partial charge in [0.15, 0.2) is 5.65 Å². The Morgan fingerprint density at radius 3 is 2.65 bits per heavy atom. The van der Waals surface area contributed by atoms with Crippen LogP contribution in [0, 0.1) is 11.8 Å². The molecule has 4 heterocycles. The molecule has 2 fully saturated rings. The molecule has 0 atom stereocenters. The van der Waals surface area contributed by atoms with Crippen LogP contribution in [0.2, 0.25) is 0 Å². The molecule has 8 nitrogen and oxygen atoms in total. The zero-order valence-corrected chi connectivity index (χ0v) is 14.8. The Hall–Kier alpha value is -2.90. The van der Waals surface area contributed by atoms with Gasteiger partial charge >= 0.3 is 6.01 Å². The summed E-state index contributed by atoms with van der Waals surface area (Å²) in [5, 5.41) is 4.66. The summed E-state index contributed by atoms with van der Waals surface area (Å²) in [4.78, 5) is 15.4. The highest BCUT2D eigenvalue weighted by atomic mass is 16.5. The molecule has 1 aliphatic carbocycles. The first-order valence-electron chi connectivity index (χ1n) is 8.81. The van der Waals surface area contributed by atoms with Crippen molar-refractivity contribution in [1.82, 2.24) is 24.6 Å². The number of methoxy groups -OCH3 is 2. The molecule has 0 aromatic carbocycles. The van der Waals surface area contributed by atoms with Gasteiger partial charge in [0.2, 0.25) is 5.88 Å². The van der Waals surface area contributed by atoms with Gasteiger partial charge < -0.3 is 14.4 Å². The summed E-state index contributed by atoms with van der Waals surface area (Å²) in [7, 11) is 3.11. The Labute approximate surface area is 150 Å². The number of aromatic nitrogens is 5. The number of ether oxygens (including phenoxy) is 2. The number of imidazole rings is 1. The van der Waals surface area contributed by atoms with Gasteiger partial charge in [0.25, 0.3) is 0 Å². The molecule has 2 aliphatic rings. The minimum atomic E-state index is 0.268. The maximum atomic E-state index is 5.42. The van der Waals surface area contributed by atoms with Crippen LogP contribution in [-0.4, -0.2) is 51.9 Å². The monoisotopic (exact) mass is 352 g/mol. The quantitative estimate of drug-likeness (QED) is 0.695. The number of hydrogen-bond acceptors (Lipinski definition) is 7. The van der Waals surface area contributed by atoms with Crippen molar-refractivity contribution in [2.75, 3.05) is 32.2 Å². The first-order chi connectivity index (χ1) is 12.8. The van der Waals surface area contributed by atoms with Gasteiger partial charge in [-0.1, -0.05) is 0 Å². The Morgan fingerprint density at radius 1 is 1.08 bits per heavy atom. The molecule has 26 heavy (non-hydrogen) atoms. The fourth-order valence-corrected chi connectivity index (χ4v) is 3.62. The summed E-state index contributed by atoms with van der Waals surface area (Å²) in [5.74, 6) is 2.19. The molecule has 1 saturated carbocycles. The Morgan fingerprint density at radius 2 is 1.92 bits per heavy atom. The molecule has 1 aliphatic heterocycles. The minimum absolute atomic E-state index is 0.268. The molecule has 0 spiro atoms. The minimum Gasteiger partial charge on any atom is -0.480 e. The second-order valence-electron chi connectivity index (χ2n) is 6.89. The number of anilines is 1. The number of rotatable bonds is 5. The van der Waals surface area contributed by atoms with Crippen molar-refractivity contribution in [2.24, 2.45) is 11.8 Å². The lowest BCUT2D eigenvalue weighted by Crippen LogP contribution is -2.48. The first kappa shape index (κ1) is 15.4. The van der Waals surface area contributed by atoms with Crippen LogP contribution < -0.4 is 14.4 Å². The summed E-state index contributed by atoms with van der Waals surface area (Å²) in [6.45, 7) is 2.18. The van der Waals surface area contributed by atoms with Crippen LogP contribution in [-0.2, 0) is 0 Å². The molecule has 0 amide bonds. The van der Waals surface area contributed by atoms with E-state index >= 15 is 0 Å². The predicted octanol–water partition coefficient (Wildman–Crippen LogP) is 2.05. The largest absolute Gasteiger partial charge is 0.480 e. The van der Waals surface area contributed by atoms with E-state index in [2.05, 4.69) is 31.0 Å². The van der Waals surface area contributed by atoms with E-state index in [-0.39, 0.29) is 6.01 Å². The highest BCUT2D eigenvalue weighted by Crippen LogP contribution is 2.43. The smallest absolute Gasteiger partial charge is 0.319 e. The lowest BCUT2D eigenvalue weighted by molar-refractivity contribution is 0.353. The molecule has 134 valence electrons. The fourth-order valence-electron chi connectivity index (χ4n) is 3.62. The normalized spacial score (nSPS) is 17.4. The molecule has 5 rings (SSSR count). The van der Waals surface area contributed by atoms with Crippen molar-refractivity contribution in [2.45, 2.75) is 12.8 Å². The lowest BCUT2D eigenvalue weighted by Gasteiger charge is -2.41. The van der Waals surface area contributed by atoms with Gasteiger partial charge in [-0.05, 0) is 30.7 Å². The van der Waals surface area contributed by atoms with E-state index in [0.29, 0.717) is 5.88 Å². The van der Waals surface area contributed by atoms with Gasteiger partial charge in [-0.15, -0.1) is 0 Å². The van der Waals surface area contributed by atoms with Crippen molar-refractivity contribution >= 4 is 11.3 Å². The lowest BCUT2D eigenvalue weighted by atomic mass is 9.94. The van der Waals surface area contributed by atoms with Crippen molar-refractivity contribution in [3.05, 3.63) is 24.7 Å². The third-order valence-electron chi connectivity index (χ3n) is 5.26. The van der Waals surface area contributed by atoms with E-state index in [1.807, 2.05) is 6.20 Å². The maximum Gasteiger partial charge on any atom is 0.319 e. The molecule has 1 saturated heterocycles. The van der Waals surface area contributed by atoms with Gasteiger partial charge in [-0.2, -0.15) is 10.1 Å². The van der Waals surface area contributed by atoms with Gasteiger partial charge in [-0.3, -0.25) is 0 Å². The predicted molar refractivity (Wildman–Crippen MR) is 95.5 cm³/mol. The highest BCUT2D eigenvalue weighted by Gasteiger charge is 2.40. The SMILES string of the molecule is COc1ncc(-c2cc(N3CC(C4CC4)C3)c3nccn3n2)c(OC)n1. The summed E-state index contributed by atoms with van der Waals surface area (Å²) in [6.07, 6.45) is 8.09. The summed E-state index contributed by atoms with van der Waals surface area (Å²) >= 11 is 0. The van der Waals surface area contributed by atoms with Gasteiger partial charge in [-0.25, -0.2) is 14.5 Å². The summed E-state index contributed by atoms with van der Waals surface area (Å²) < 4.78 is 12.3. The molecule has 0 bridgehead atoms. The van der Waals surface area contributed by atoms with Crippen molar-refractivity contribution in [3.8, 4) is 23.1 Å². The molecular weight excluding hydrogens is 332 g/mol. The second kappa shape index (κ2) is 5.82. The van der Waals surface area contributed by atoms with Crippen LogP contribution in [0.4, 0.5) is 5.69 Å². The summed E-state index contributed by atoms with van der Waals surface area (Å²) in [6, 6.07) is 2.32. The maximum absolute atomic E-state index is 5.42. The molecule has 3 aromatic rings. The fraction of sp³-hybridized carbons (Fsp3) is 0.444. The average molecular weight is 352 g/mol. The molecule has 0 N–H and O–H groups in total. The van der Waals surface area contributed by atoms with E-state index in [1.165, 1.54) is 20.0 Å². The summed E-state index contributed by atoms with van der Waals surface area (Å²) in [5.41, 5.74) is 3.44. The third-order valence-corrected chi connectivity index (χ3v) is 5.26. The van der Waals surface area contributed by atoms with E-state index in [4.69, 9.17) is 9.47 Å². The highest BCUT2D eigenvalue weighted by molar-refractivity contribution is 5.76. The van der Waals surface area contributed by atoms with Crippen molar-refractivity contribution < 1.29 is 9.47 Å². The first-order valence-corrected chi connectivity index (χ1v) is 8.81. The van der Waals surface area contributed by atoms with E-state index < -0.39 is 0 Å². The molecule has 0 radical (unpaired) electrons. The Bertz CT molecular complexity index is 961. The van der Waals surface area contributed by atoms with Crippen LogP contribution in [0.3, 0.4) is 0 Å². The van der Waals surface area contributed by atoms with Crippen LogP contribution in [0.15, 0.2) is 24.7 Å². The van der Waals surface area contributed by atoms with Crippen LogP contribution in [0.1, 0.15) is 12.8 Å². The van der Waals surface area contributed by atoms with E-state index in [9.17, 15) is 0 Å². The zero-order chi connectivity index (χ0) is 17.7. The number of fused-ring (bicyclic) bond motifs is 1. The van der Waals surface area contributed by atoms with Crippen molar-refractivity contribution in [3.63, 3.8) is 0 Å². The Kier molecular flexibility index (Phi) is 3.44. The Balaban J connectivity index is 1.56. The topological polar surface area (TPSA) is 77.7 Å². The third kappa shape index (κ3) is 2.44.